The van der Waals surface area contributed by atoms with Gasteiger partial charge in [-0.05, 0) is 18.1 Å². The summed E-state index contributed by atoms with van der Waals surface area (Å²) in [6, 6.07) is 8.43. The lowest BCUT2D eigenvalue weighted by Gasteiger charge is -2.16. The van der Waals surface area contributed by atoms with Gasteiger partial charge in [0.2, 0.25) is 0 Å². The molecule has 3 nitrogen and oxygen atoms in total. The van der Waals surface area contributed by atoms with E-state index < -0.39 is 6.04 Å². The van der Waals surface area contributed by atoms with Crippen LogP contribution in [-0.4, -0.2) is 12.0 Å². The summed E-state index contributed by atoms with van der Waals surface area (Å²) < 4.78 is 5.14. The van der Waals surface area contributed by atoms with Crippen LogP contribution in [-0.2, 0) is 4.79 Å². The van der Waals surface area contributed by atoms with Crippen LogP contribution in [0.2, 0.25) is 0 Å². The highest BCUT2D eigenvalue weighted by atomic mass is 35.5. The van der Waals surface area contributed by atoms with Crippen molar-refractivity contribution in [2.75, 3.05) is 0 Å². The topological polar surface area (TPSA) is 52.3 Å². The molecule has 4 heteroatoms. The van der Waals surface area contributed by atoms with E-state index in [2.05, 4.69) is 0 Å². The maximum atomic E-state index is 11.6. The Morgan fingerprint density at radius 3 is 2.44 bits per heavy atom. The summed E-state index contributed by atoms with van der Waals surface area (Å²) in [5, 5.41) is 0. The molecule has 0 amide bonds. The third-order valence-electron chi connectivity index (χ3n) is 2.49. The number of ether oxygens (including phenoxy) is 1. The molecule has 0 radical (unpaired) electrons. The van der Waals surface area contributed by atoms with Gasteiger partial charge in [-0.25, -0.2) is 4.79 Å². The molecule has 0 spiro atoms. The van der Waals surface area contributed by atoms with E-state index in [0.717, 1.165) is 6.42 Å². The average Bonchev–Trinajstić information content (AvgIpc) is 2.28. The second-order valence-electron chi connectivity index (χ2n) is 3.65. The van der Waals surface area contributed by atoms with Gasteiger partial charge < -0.3 is 10.5 Å². The molecule has 16 heavy (non-hydrogen) atoms. The normalized spacial score (nSPS) is 13.4. The second kappa shape index (κ2) is 7.25. The fourth-order valence-corrected chi connectivity index (χ4v) is 1.16. The Kier molecular flexibility index (Phi) is 6.77. The van der Waals surface area contributed by atoms with Crippen molar-refractivity contribution in [3.8, 4) is 5.75 Å². The number of halogens is 1. The highest BCUT2D eigenvalue weighted by Gasteiger charge is 2.21. The van der Waals surface area contributed by atoms with Crippen molar-refractivity contribution in [2.45, 2.75) is 26.3 Å². The molecular formula is C12H18ClNO2. The van der Waals surface area contributed by atoms with Crippen molar-refractivity contribution in [3.05, 3.63) is 30.3 Å². The van der Waals surface area contributed by atoms with Crippen molar-refractivity contribution in [1.29, 1.82) is 0 Å². The van der Waals surface area contributed by atoms with Crippen LogP contribution in [0, 0.1) is 5.92 Å². The number of carbonyl (C=O) groups is 1. The van der Waals surface area contributed by atoms with Crippen molar-refractivity contribution >= 4 is 18.4 Å². The van der Waals surface area contributed by atoms with Crippen LogP contribution in [0.25, 0.3) is 0 Å². The SMILES string of the molecule is CCC(C)C(N)C(=O)Oc1ccccc1.Cl. The molecule has 0 saturated carbocycles. The fourth-order valence-electron chi connectivity index (χ4n) is 1.16. The smallest absolute Gasteiger partial charge is 0.328 e. The molecule has 1 aromatic carbocycles. The highest BCUT2D eigenvalue weighted by Crippen LogP contribution is 2.12. The number of hydrogen-bond acceptors (Lipinski definition) is 3. The summed E-state index contributed by atoms with van der Waals surface area (Å²) in [5.41, 5.74) is 5.74. The Morgan fingerprint density at radius 2 is 1.94 bits per heavy atom. The largest absolute Gasteiger partial charge is 0.425 e. The predicted octanol–water partition coefficient (Wildman–Crippen LogP) is 2.39. The summed E-state index contributed by atoms with van der Waals surface area (Å²) in [7, 11) is 0. The highest BCUT2D eigenvalue weighted by molar-refractivity contribution is 5.85. The first-order valence-corrected chi connectivity index (χ1v) is 5.17. The molecule has 90 valence electrons. The summed E-state index contributed by atoms with van der Waals surface area (Å²) >= 11 is 0. The first-order valence-electron chi connectivity index (χ1n) is 5.17. The summed E-state index contributed by atoms with van der Waals surface area (Å²) in [4.78, 5) is 11.6. The molecule has 0 bridgehead atoms. The molecule has 0 aliphatic heterocycles. The Balaban J connectivity index is 0.00000225. The van der Waals surface area contributed by atoms with E-state index in [-0.39, 0.29) is 24.3 Å². The first-order chi connectivity index (χ1) is 7.15. The van der Waals surface area contributed by atoms with Crippen LogP contribution < -0.4 is 10.5 Å². The van der Waals surface area contributed by atoms with Crippen LogP contribution in [0.3, 0.4) is 0 Å². The van der Waals surface area contributed by atoms with Gasteiger partial charge in [-0.15, -0.1) is 12.4 Å². The van der Waals surface area contributed by atoms with E-state index in [4.69, 9.17) is 10.5 Å². The number of carbonyl (C=O) groups excluding carboxylic acids is 1. The van der Waals surface area contributed by atoms with Gasteiger partial charge in [0.15, 0.2) is 0 Å². The number of esters is 1. The molecule has 0 heterocycles. The summed E-state index contributed by atoms with van der Waals surface area (Å²) in [6.45, 7) is 3.94. The summed E-state index contributed by atoms with van der Waals surface area (Å²) in [6.07, 6.45) is 0.866. The van der Waals surface area contributed by atoms with Crippen molar-refractivity contribution < 1.29 is 9.53 Å². The second-order valence-corrected chi connectivity index (χ2v) is 3.65. The minimum Gasteiger partial charge on any atom is -0.425 e. The number of nitrogens with two attached hydrogens (primary N) is 1. The van der Waals surface area contributed by atoms with Gasteiger partial charge in [-0.1, -0.05) is 38.5 Å². The number of hydrogen-bond donors (Lipinski definition) is 1. The fraction of sp³-hybridized carbons (Fsp3) is 0.417. The van der Waals surface area contributed by atoms with Crippen LogP contribution in [0.1, 0.15) is 20.3 Å². The van der Waals surface area contributed by atoms with Gasteiger partial charge in [0, 0.05) is 0 Å². The van der Waals surface area contributed by atoms with E-state index in [1.807, 2.05) is 32.0 Å². The monoisotopic (exact) mass is 243 g/mol. The molecule has 2 N–H and O–H groups in total. The van der Waals surface area contributed by atoms with Gasteiger partial charge in [-0.3, -0.25) is 0 Å². The molecule has 2 unspecified atom stereocenters. The Morgan fingerprint density at radius 1 is 1.38 bits per heavy atom. The zero-order valence-corrected chi connectivity index (χ0v) is 10.4. The maximum absolute atomic E-state index is 11.6. The number of para-hydroxylation sites is 1. The van der Waals surface area contributed by atoms with E-state index in [1.54, 1.807) is 12.1 Å². The molecule has 1 rings (SSSR count). The molecule has 0 saturated heterocycles. The molecule has 2 atom stereocenters. The number of benzene rings is 1. The van der Waals surface area contributed by atoms with Crippen LogP contribution >= 0.6 is 12.4 Å². The van der Waals surface area contributed by atoms with Gasteiger partial charge in [0.05, 0.1) is 0 Å². The van der Waals surface area contributed by atoms with Crippen LogP contribution in [0.4, 0.5) is 0 Å². The minimum absolute atomic E-state index is 0. The van der Waals surface area contributed by atoms with Crippen molar-refractivity contribution in [1.82, 2.24) is 0 Å². The average molecular weight is 244 g/mol. The zero-order valence-electron chi connectivity index (χ0n) is 9.55. The minimum atomic E-state index is -0.546. The lowest BCUT2D eigenvalue weighted by Crippen LogP contribution is -2.39. The molecule has 0 aromatic heterocycles. The predicted molar refractivity (Wildman–Crippen MR) is 66.8 cm³/mol. The van der Waals surface area contributed by atoms with Gasteiger partial charge in [-0.2, -0.15) is 0 Å². The van der Waals surface area contributed by atoms with Gasteiger partial charge in [0.1, 0.15) is 11.8 Å². The third-order valence-corrected chi connectivity index (χ3v) is 2.49. The Labute approximate surface area is 102 Å². The molecule has 0 aliphatic carbocycles. The van der Waals surface area contributed by atoms with E-state index >= 15 is 0 Å². The van der Waals surface area contributed by atoms with Crippen LogP contribution in [0.5, 0.6) is 5.75 Å². The van der Waals surface area contributed by atoms with Crippen molar-refractivity contribution in [2.24, 2.45) is 11.7 Å². The Hall–Kier alpha value is -1.06. The van der Waals surface area contributed by atoms with E-state index in [0.29, 0.717) is 5.75 Å². The van der Waals surface area contributed by atoms with Gasteiger partial charge in [0.25, 0.3) is 0 Å². The Bertz CT molecular complexity index is 316. The van der Waals surface area contributed by atoms with Crippen molar-refractivity contribution in [3.63, 3.8) is 0 Å². The van der Waals surface area contributed by atoms with E-state index in [1.165, 1.54) is 0 Å². The third kappa shape index (κ3) is 4.21. The zero-order chi connectivity index (χ0) is 11.3. The number of rotatable bonds is 4. The molecule has 0 fully saturated rings. The molecule has 1 aromatic rings. The summed E-state index contributed by atoms with van der Waals surface area (Å²) in [5.74, 6) is 0.318. The lowest BCUT2D eigenvalue weighted by molar-refractivity contribution is -0.137. The van der Waals surface area contributed by atoms with E-state index in [9.17, 15) is 4.79 Å². The quantitative estimate of drug-likeness (QED) is 0.653. The first kappa shape index (κ1) is 14.9. The van der Waals surface area contributed by atoms with Gasteiger partial charge >= 0.3 is 5.97 Å². The molecular weight excluding hydrogens is 226 g/mol. The maximum Gasteiger partial charge on any atom is 0.328 e. The standard InChI is InChI=1S/C12H17NO2.ClH/c1-3-9(2)11(13)12(14)15-10-7-5-4-6-8-10;/h4-9,11H,3,13H2,1-2H3;1H. The lowest BCUT2D eigenvalue weighted by atomic mass is 10.0. The molecule has 0 aliphatic rings. The van der Waals surface area contributed by atoms with Crippen LogP contribution in [0.15, 0.2) is 30.3 Å².